The summed E-state index contributed by atoms with van der Waals surface area (Å²) in [5.41, 5.74) is 0.796. The number of carbonyl (C=O) groups excluding carboxylic acids is 1. The summed E-state index contributed by atoms with van der Waals surface area (Å²) in [6.07, 6.45) is 3.59. The molecule has 98 valence electrons. The molecule has 0 aliphatic carbocycles. The third-order valence-corrected chi connectivity index (χ3v) is 2.76. The molecule has 2 heterocycles. The van der Waals surface area contributed by atoms with Gasteiger partial charge < -0.3 is 19.1 Å². The van der Waals surface area contributed by atoms with Gasteiger partial charge in [-0.3, -0.25) is 4.79 Å². The molecule has 0 saturated heterocycles. The molecule has 18 heavy (non-hydrogen) atoms. The minimum Gasteiger partial charge on any atom is -0.494 e. The van der Waals surface area contributed by atoms with E-state index in [-0.39, 0.29) is 11.7 Å². The van der Waals surface area contributed by atoms with Crippen molar-refractivity contribution < 1.29 is 19.4 Å². The van der Waals surface area contributed by atoms with Crippen LogP contribution in [0.3, 0.4) is 0 Å². The van der Waals surface area contributed by atoms with Crippen LogP contribution in [-0.4, -0.2) is 41.9 Å². The maximum atomic E-state index is 11.5. The molecular formula is C13H17NO4. The quantitative estimate of drug-likeness (QED) is 0.753. The van der Waals surface area contributed by atoms with E-state index < -0.39 is 0 Å². The normalized spacial score (nSPS) is 18.6. The number of hydrogen-bond donors (Lipinski definition) is 1. The standard InChI is InChI=1S/C13H17NO4/c15-12-3-1-11-2-4-13(16)14(11)6-8-18-10-9-17-7-5-12/h1-4,16H,5-10H2. The summed E-state index contributed by atoms with van der Waals surface area (Å²) in [6.45, 7) is 2.45. The third-order valence-electron chi connectivity index (χ3n) is 2.76. The molecule has 1 aromatic heterocycles. The third kappa shape index (κ3) is 3.45. The summed E-state index contributed by atoms with van der Waals surface area (Å²) >= 11 is 0. The van der Waals surface area contributed by atoms with Crippen LogP contribution in [0, 0.1) is 0 Å². The van der Waals surface area contributed by atoms with Gasteiger partial charge in [0, 0.05) is 24.7 Å². The van der Waals surface area contributed by atoms with Gasteiger partial charge in [0.2, 0.25) is 0 Å². The van der Waals surface area contributed by atoms with Crippen LogP contribution in [0.4, 0.5) is 0 Å². The number of aromatic hydroxyl groups is 1. The van der Waals surface area contributed by atoms with Gasteiger partial charge in [-0.15, -0.1) is 0 Å². The second-order valence-electron chi connectivity index (χ2n) is 4.04. The summed E-state index contributed by atoms with van der Waals surface area (Å²) in [4.78, 5) is 11.5. The number of allylic oxidation sites excluding steroid dienone is 1. The van der Waals surface area contributed by atoms with Crippen molar-refractivity contribution in [1.29, 1.82) is 0 Å². The lowest BCUT2D eigenvalue weighted by Crippen LogP contribution is -2.11. The maximum absolute atomic E-state index is 11.5. The van der Waals surface area contributed by atoms with Crippen LogP contribution in [-0.2, 0) is 20.8 Å². The summed E-state index contributed by atoms with van der Waals surface area (Å²) < 4.78 is 12.4. The van der Waals surface area contributed by atoms with Gasteiger partial charge in [-0.25, -0.2) is 0 Å². The Kier molecular flexibility index (Phi) is 4.55. The van der Waals surface area contributed by atoms with Gasteiger partial charge in [0.1, 0.15) is 0 Å². The smallest absolute Gasteiger partial charge is 0.191 e. The van der Waals surface area contributed by atoms with Crippen LogP contribution in [0.2, 0.25) is 0 Å². The second kappa shape index (κ2) is 6.37. The van der Waals surface area contributed by atoms with E-state index >= 15 is 0 Å². The molecule has 0 aromatic carbocycles. The predicted molar refractivity (Wildman–Crippen MR) is 66.4 cm³/mol. The molecule has 0 saturated carbocycles. The lowest BCUT2D eigenvalue weighted by molar-refractivity contribution is -0.115. The average molecular weight is 251 g/mol. The Morgan fingerprint density at radius 3 is 2.67 bits per heavy atom. The SMILES string of the molecule is O=C1C=Cc2ccc(O)n2CCOCCOCC1. The van der Waals surface area contributed by atoms with Crippen LogP contribution in [0.1, 0.15) is 12.1 Å². The van der Waals surface area contributed by atoms with E-state index in [1.54, 1.807) is 22.8 Å². The van der Waals surface area contributed by atoms with Crippen molar-refractivity contribution in [3.63, 3.8) is 0 Å². The van der Waals surface area contributed by atoms with Crippen LogP contribution in [0.15, 0.2) is 18.2 Å². The number of fused-ring (bicyclic) bond motifs is 1. The van der Waals surface area contributed by atoms with Crippen molar-refractivity contribution in [2.75, 3.05) is 26.4 Å². The van der Waals surface area contributed by atoms with Gasteiger partial charge in [-0.2, -0.15) is 0 Å². The highest BCUT2D eigenvalue weighted by molar-refractivity contribution is 5.93. The molecule has 0 atom stereocenters. The molecule has 0 bridgehead atoms. The first kappa shape index (κ1) is 12.9. The molecule has 2 rings (SSSR count). The van der Waals surface area contributed by atoms with Gasteiger partial charge in [0.25, 0.3) is 0 Å². The molecule has 1 aliphatic rings. The van der Waals surface area contributed by atoms with Crippen molar-refractivity contribution in [2.45, 2.75) is 13.0 Å². The monoisotopic (exact) mass is 251 g/mol. The fourth-order valence-corrected chi connectivity index (χ4v) is 1.77. The summed E-state index contributed by atoms with van der Waals surface area (Å²) in [5, 5.41) is 9.69. The zero-order chi connectivity index (χ0) is 12.8. The molecule has 0 amide bonds. The molecule has 1 aliphatic heterocycles. The van der Waals surface area contributed by atoms with Crippen LogP contribution >= 0.6 is 0 Å². The van der Waals surface area contributed by atoms with E-state index in [9.17, 15) is 9.90 Å². The molecule has 1 N–H and O–H groups in total. The highest BCUT2D eigenvalue weighted by Crippen LogP contribution is 2.17. The molecule has 0 radical (unpaired) electrons. The Balaban J connectivity index is 2.13. The van der Waals surface area contributed by atoms with Gasteiger partial charge in [0.05, 0.1) is 26.4 Å². The Labute approximate surface area is 106 Å². The van der Waals surface area contributed by atoms with E-state index in [0.717, 1.165) is 5.69 Å². The van der Waals surface area contributed by atoms with E-state index in [1.165, 1.54) is 6.08 Å². The number of ketones is 1. The molecule has 0 unspecified atom stereocenters. The molecule has 1 aromatic rings. The number of rotatable bonds is 0. The molecule has 0 spiro atoms. The first-order valence-corrected chi connectivity index (χ1v) is 6.02. The number of ether oxygens (including phenoxy) is 2. The van der Waals surface area contributed by atoms with Crippen molar-refractivity contribution in [3.8, 4) is 5.88 Å². The first-order chi connectivity index (χ1) is 8.77. The van der Waals surface area contributed by atoms with Gasteiger partial charge in [0.15, 0.2) is 11.7 Å². The number of nitrogens with zero attached hydrogens (tertiary/aromatic N) is 1. The fraction of sp³-hybridized carbons (Fsp3) is 0.462. The molecule has 5 nitrogen and oxygen atoms in total. The molecular weight excluding hydrogens is 234 g/mol. The van der Waals surface area contributed by atoms with Crippen LogP contribution < -0.4 is 0 Å². The van der Waals surface area contributed by atoms with E-state index in [0.29, 0.717) is 39.4 Å². The Morgan fingerprint density at radius 1 is 1.06 bits per heavy atom. The van der Waals surface area contributed by atoms with Crippen molar-refractivity contribution in [1.82, 2.24) is 4.57 Å². The Bertz CT molecular complexity index is 436. The lowest BCUT2D eigenvalue weighted by atomic mass is 10.2. The first-order valence-electron chi connectivity index (χ1n) is 6.02. The minimum atomic E-state index is 0.0161. The zero-order valence-electron chi connectivity index (χ0n) is 10.2. The average Bonchev–Trinajstić information content (AvgIpc) is 2.71. The number of aromatic nitrogens is 1. The summed E-state index contributed by atoms with van der Waals surface area (Å²) in [5.74, 6) is 0.194. The topological polar surface area (TPSA) is 60.7 Å². The van der Waals surface area contributed by atoms with Crippen molar-refractivity contribution in [3.05, 3.63) is 23.9 Å². The van der Waals surface area contributed by atoms with Crippen molar-refractivity contribution >= 4 is 11.9 Å². The van der Waals surface area contributed by atoms with Gasteiger partial charge >= 0.3 is 0 Å². The summed E-state index contributed by atoms with van der Waals surface area (Å²) in [6, 6.07) is 3.38. The Morgan fingerprint density at radius 2 is 1.83 bits per heavy atom. The fourth-order valence-electron chi connectivity index (χ4n) is 1.77. The summed E-state index contributed by atoms with van der Waals surface area (Å²) in [7, 11) is 0. The zero-order valence-corrected chi connectivity index (χ0v) is 10.2. The maximum Gasteiger partial charge on any atom is 0.191 e. The highest BCUT2D eigenvalue weighted by Gasteiger charge is 2.06. The predicted octanol–water partition coefficient (Wildman–Crippen LogP) is 1.21. The largest absolute Gasteiger partial charge is 0.494 e. The minimum absolute atomic E-state index is 0.0161. The number of hydrogen-bond acceptors (Lipinski definition) is 4. The van der Waals surface area contributed by atoms with E-state index in [4.69, 9.17) is 9.47 Å². The highest BCUT2D eigenvalue weighted by atomic mass is 16.5. The van der Waals surface area contributed by atoms with Gasteiger partial charge in [-0.1, -0.05) is 0 Å². The van der Waals surface area contributed by atoms with Crippen LogP contribution in [0.25, 0.3) is 6.08 Å². The van der Waals surface area contributed by atoms with Gasteiger partial charge in [-0.05, 0) is 18.2 Å². The second-order valence-corrected chi connectivity index (χ2v) is 4.04. The lowest BCUT2D eigenvalue weighted by Gasteiger charge is -2.08. The van der Waals surface area contributed by atoms with Crippen molar-refractivity contribution in [2.24, 2.45) is 0 Å². The van der Waals surface area contributed by atoms with E-state index in [1.807, 2.05) is 0 Å². The molecule has 0 fully saturated rings. The van der Waals surface area contributed by atoms with E-state index in [2.05, 4.69) is 0 Å². The molecule has 5 heteroatoms. The number of carbonyl (C=O) groups is 1. The van der Waals surface area contributed by atoms with Crippen LogP contribution in [0.5, 0.6) is 5.88 Å². The Hall–Kier alpha value is -1.59.